The van der Waals surface area contributed by atoms with Crippen LogP contribution in [0.4, 0.5) is 5.69 Å². The van der Waals surface area contributed by atoms with Gasteiger partial charge in [0.1, 0.15) is 5.75 Å². The van der Waals surface area contributed by atoms with Gasteiger partial charge in [0, 0.05) is 43.8 Å². The first-order chi connectivity index (χ1) is 14.4. The zero-order chi connectivity index (χ0) is 21.2. The first-order valence-corrected chi connectivity index (χ1v) is 10.9. The van der Waals surface area contributed by atoms with E-state index in [4.69, 9.17) is 9.47 Å². The molecular weight excluding hydrogens is 380 g/mol. The summed E-state index contributed by atoms with van der Waals surface area (Å²) in [6.07, 6.45) is 4.31. The molecule has 2 saturated heterocycles. The minimum Gasteiger partial charge on any atom is -0.497 e. The lowest BCUT2D eigenvalue weighted by Crippen LogP contribution is -2.65. The third-order valence-electron chi connectivity index (χ3n) is 8.07. The van der Waals surface area contributed by atoms with Crippen LogP contribution in [-0.2, 0) is 19.7 Å². The zero-order valence-electron chi connectivity index (χ0n) is 18.2. The van der Waals surface area contributed by atoms with Crippen LogP contribution in [0.15, 0.2) is 29.8 Å². The Bertz CT molecular complexity index is 941. The summed E-state index contributed by atoms with van der Waals surface area (Å²) in [5.74, 6) is 0.950. The van der Waals surface area contributed by atoms with E-state index in [1.54, 1.807) is 14.0 Å². The monoisotopic (exact) mass is 410 g/mol. The summed E-state index contributed by atoms with van der Waals surface area (Å²) < 4.78 is 11.1. The van der Waals surface area contributed by atoms with Crippen LogP contribution in [0.1, 0.15) is 39.2 Å². The maximum atomic E-state index is 13.0. The van der Waals surface area contributed by atoms with Gasteiger partial charge < -0.3 is 14.4 Å². The maximum absolute atomic E-state index is 13.0. The molecule has 6 heteroatoms. The summed E-state index contributed by atoms with van der Waals surface area (Å²) in [4.78, 5) is 29.4. The Morgan fingerprint density at radius 3 is 2.77 bits per heavy atom. The molecule has 4 aliphatic rings. The average Bonchev–Trinajstić information content (AvgIpc) is 3.26. The highest BCUT2D eigenvalue weighted by Gasteiger charge is 2.68. The second-order valence-corrected chi connectivity index (χ2v) is 9.17. The minimum atomic E-state index is -0.261. The fraction of sp³-hybridized carbons (Fsp3) is 0.583. The van der Waals surface area contributed by atoms with E-state index < -0.39 is 0 Å². The molecule has 0 radical (unpaired) electrons. The predicted octanol–water partition coefficient (Wildman–Crippen LogP) is 2.90. The van der Waals surface area contributed by atoms with Crippen molar-refractivity contribution in [2.75, 3.05) is 31.7 Å². The number of rotatable bonds is 3. The number of hydrogen-bond donors (Lipinski definition) is 0. The van der Waals surface area contributed by atoms with Gasteiger partial charge >= 0.3 is 5.97 Å². The molecular formula is C24H30N2O4. The molecule has 2 bridgehead atoms. The molecule has 1 amide bonds. The number of hydrogen-bond acceptors (Lipinski definition) is 5. The van der Waals surface area contributed by atoms with Gasteiger partial charge in [0.2, 0.25) is 5.91 Å². The second-order valence-electron chi connectivity index (χ2n) is 9.17. The molecule has 1 aromatic rings. The number of methoxy groups -OCH3 is 1. The van der Waals surface area contributed by atoms with Crippen molar-refractivity contribution >= 4 is 17.6 Å². The zero-order valence-corrected chi connectivity index (χ0v) is 18.2. The topological polar surface area (TPSA) is 59.1 Å². The van der Waals surface area contributed by atoms with Crippen LogP contribution in [-0.4, -0.2) is 55.7 Å². The molecule has 0 N–H and O–H groups in total. The van der Waals surface area contributed by atoms with E-state index >= 15 is 0 Å². The number of piperidine rings is 1. The quantitative estimate of drug-likeness (QED) is 0.567. The Balaban J connectivity index is 1.71. The van der Waals surface area contributed by atoms with E-state index in [-0.39, 0.29) is 29.3 Å². The highest BCUT2D eigenvalue weighted by molar-refractivity contribution is 5.96. The van der Waals surface area contributed by atoms with E-state index in [1.807, 2.05) is 17.0 Å². The molecule has 1 saturated carbocycles. The van der Waals surface area contributed by atoms with Crippen molar-refractivity contribution in [3.8, 4) is 5.75 Å². The number of esters is 1. The maximum Gasteiger partial charge on any atom is 0.302 e. The van der Waals surface area contributed by atoms with Gasteiger partial charge in [0.15, 0.2) is 0 Å². The van der Waals surface area contributed by atoms with Gasteiger partial charge in [-0.25, -0.2) is 0 Å². The Morgan fingerprint density at radius 2 is 2.10 bits per heavy atom. The lowest BCUT2D eigenvalue weighted by atomic mass is 9.55. The molecule has 1 aromatic carbocycles. The summed E-state index contributed by atoms with van der Waals surface area (Å²) in [5, 5.41) is 0. The van der Waals surface area contributed by atoms with Crippen LogP contribution < -0.4 is 9.64 Å². The summed E-state index contributed by atoms with van der Waals surface area (Å²) in [5.41, 5.74) is 3.52. The van der Waals surface area contributed by atoms with Crippen LogP contribution in [0.2, 0.25) is 0 Å². The fourth-order valence-corrected chi connectivity index (χ4v) is 7.03. The first kappa shape index (κ1) is 19.6. The molecule has 6 nitrogen and oxygen atoms in total. The largest absolute Gasteiger partial charge is 0.497 e. The van der Waals surface area contributed by atoms with Crippen molar-refractivity contribution in [1.82, 2.24) is 4.90 Å². The van der Waals surface area contributed by atoms with Crippen LogP contribution in [0.5, 0.6) is 5.75 Å². The Kier molecular flexibility index (Phi) is 4.47. The molecule has 3 fully saturated rings. The molecule has 1 aliphatic carbocycles. The fourth-order valence-electron chi connectivity index (χ4n) is 7.03. The van der Waals surface area contributed by atoms with Gasteiger partial charge in [0.25, 0.3) is 0 Å². The standard InChI is InChI=1S/C24H30N2O4/c1-5-16-12-25-9-8-24-20-7-6-17(29-4)10-21(20)26(14(2)27)23(24)19(13-30-15(3)28)18(16)11-22(24)25/h5-7,10,18-19,22-23H,8-9,11-13H2,1-4H3/b16-5-/t18-,19+,22-,23-,24+/m0/s1. The third-order valence-corrected chi connectivity index (χ3v) is 8.07. The summed E-state index contributed by atoms with van der Waals surface area (Å²) in [6.45, 7) is 7.58. The Labute approximate surface area is 177 Å². The van der Waals surface area contributed by atoms with Crippen LogP contribution in [0, 0.1) is 11.8 Å². The molecule has 30 heavy (non-hydrogen) atoms. The summed E-state index contributed by atoms with van der Waals surface area (Å²) in [7, 11) is 1.66. The normalized spacial score (nSPS) is 35.2. The number of benzene rings is 1. The van der Waals surface area contributed by atoms with Crippen molar-refractivity contribution in [3.63, 3.8) is 0 Å². The molecule has 160 valence electrons. The SMILES string of the molecule is C/C=C1/CN2CC[C@]34c5ccc(OC)cc5N(C(C)=O)[C@H]3[C@H](COC(C)=O)[C@H]1C[C@H]24. The van der Waals surface area contributed by atoms with Crippen LogP contribution in [0.3, 0.4) is 0 Å². The van der Waals surface area contributed by atoms with E-state index in [2.05, 4.69) is 24.0 Å². The number of carbonyl (C=O) groups is 2. The third kappa shape index (κ3) is 2.46. The Morgan fingerprint density at radius 1 is 1.30 bits per heavy atom. The minimum absolute atomic E-state index is 0.0135. The van der Waals surface area contributed by atoms with Gasteiger partial charge in [-0.3, -0.25) is 14.5 Å². The molecule has 0 unspecified atom stereocenters. The lowest BCUT2D eigenvalue weighted by molar-refractivity contribution is -0.144. The van der Waals surface area contributed by atoms with Gasteiger partial charge in [-0.2, -0.15) is 0 Å². The predicted molar refractivity (Wildman–Crippen MR) is 114 cm³/mol. The van der Waals surface area contributed by atoms with E-state index in [0.717, 1.165) is 37.4 Å². The molecule has 1 spiro atoms. The van der Waals surface area contributed by atoms with Gasteiger partial charge in [-0.05, 0) is 43.9 Å². The average molecular weight is 411 g/mol. The summed E-state index contributed by atoms with van der Waals surface area (Å²) >= 11 is 0. The van der Waals surface area contributed by atoms with Crippen molar-refractivity contribution in [3.05, 3.63) is 35.4 Å². The van der Waals surface area contributed by atoms with Gasteiger partial charge in [-0.1, -0.05) is 17.7 Å². The molecule has 3 aliphatic heterocycles. The number of fused-ring (bicyclic) bond motifs is 2. The summed E-state index contributed by atoms with van der Waals surface area (Å²) in [6, 6.07) is 6.59. The molecule has 5 atom stereocenters. The van der Waals surface area contributed by atoms with Gasteiger partial charge in [0.05, 0.1) is 25.4 Å². The van der Waals surface area contributed by atoms with E-state index in [0.29, 0.717) is 18.6 Å². The van der Waals surface area contributed by atoms with E-state index in [9.17, 15) is 9.59 Å². The van der Waals surface area contributed by atoms with Crippen molar-refractivity contribution in [1.29, 1.82) is 0 Å². The number of allylic oxidation sites excluding steroid dienone is 1. The van der Waals surface area contributed by atoms with Crippen molar-refractivity contribution < 1.29 is 19.1 Å². The molecule has 0 aromatic heterocycles. The molecule has 3 heterocycles. The lowest BCUT2D eigenvalue weighted by Gasteiger charge is -2.56. The van der Waals surface area contributed by atoms with Crippen molar-refractivity contribution in [2.24, 2.45) is 11.8 Å². The van der Waals surface area contributed by atoms with Crippen molar-refractivity contribution in [2.45, 2.75) is 51.1 Å². The number of ether oxygens (including phenoxy) is 2. The smallest absolute Gasteiger partial charge is 0.302 e. The molecule has 5 rings (SSSR count). The van der Waals surface area contributed by atoms with Gasteiger partial charge in [-0.15, -0.1) is 0 Å². The second kappa shape index (κ2) is 6.84. The first-order valence-electron chi connectivity index (χ1n) is 10.9. The number of amides is 1. The number of nitrogens with zero attached hydrogens (tertiary/aromatic N) is 2. The highest BCUT2D eigenvalue weighted by Crippen LogP contribution is 2.63. The number of anilines is 1. The van der Waals surface area contributed by atoms with Crippen LogP contribution >= 0.6 is 0 Å². The van der Waals surface area contributed by atoms with Crippen LogP contribution in [0.25, 0.3) is 0 Å². The Hall–Kier alpha value is -2.34. The van der Waals surface area contributed by atoms with E-state index in [1.165, 1.54) is 18.1 Å². The number of carbonyl (C=O) groups excluding carboxylic acids is 2. The highest BCUT2D eigenvalue weighted by atomic mass is 16.5.